The predicted molar refractivity (Wildman–Crippen MR) is 149 cm³/mol. The lowest BCUT2D eigenvalue weighted by Gasteiger charge is -2.45. The van der Waals surface area contributed by atoms with Gasteiger partial charge in [-0.05, 0) is 72.2 Å². The second-order valence-corrected chi connectivity index (χ2v) is 11.1. The summed E-state index contributed by atoms with van der Waals surface area (Å²) in [7, 11) is 0. The summed E-state index contributed by atoms with van der Waals surface area (Å²) in [6.07, 6.45) is 10.4. The van der Waals surface area contributed by atoms with Gasteiger partial charge in [0.1, 0.15) is 17.5 Å². The molecular formula is C32H32F2N4O2. The number of rotatable bonds is 6. The van der Waals surface area contributed by atoms with Crippen molar-refractivity contribution < 1.29 is 18.4 Å². The summed E-state index contributed by atoms with van der Waals surface area (Å²) in [5, 5.41) is 6.33. The Morgan fingerprint density at radius 3 is 2.58 bits per heavy atom. The van der Waals surface area contributed by atoms with Gasteiger partial charge in [-0.1, -0.05) is 49.3 Å². The summed E-state index contributed by atoms with van der Waals surface area (Å²) in [5.41, 5.74) is 3.14. The molecule has 0 radical (unpaired) electrons. The minimum atomic E-state index is -0.649. The quantitative estimate of drug-likeness (QED) is 0.449. The molecule has 0 unspecified atom stereocenters. The summed E-state index contributed by atoms with van der Waals surface area (Å²) in [5.74, 6) is -0.942. The Bertz CT molecular complexity index is 1430. The highest BCUT2D eigenvalue weighted by atomic mass is 19.1. The molecule has 40 heavy (non-hydrogen) atoms. The second-order valence-electron chi connectivity index (χ2n) is 11.1. The number of carbonyl (C=O) groups is 2. The Morgan fingerprint density at radius 1 is 1.05 bits per heavy atom. The van der Waals surface area contributed by atoms with Crippen LogP contribution in [0.5, 0.6) is 0 Å². The maximum atomic E-state index is 14.1. The van der Waals surface area contributed by atoms with Gasteiger partial charge in [-0.15, -0.1) is 0 Å². The standard InChI is InChI=1S/C32H32F2N4O2/c33-26-17-24(18-27(34)19-26)28-20-36-32(10-2-3-11-32)31(40)38(28)13-5-6-21-8-9-22-15-25(16-23(22)14-21)30(39)37-29-7-1-4-12-35-29/h1,4-9,12,14,17-19,25,28,36H,2-3,10-11,13,15-16,20H2,(H,35,37,39)/b6-5-/t25-,28-/m1/s1. The number of carbonyl (C=O) groups excluding carboxylic acids is 2. The molecule has 206 valence electrons. The van der Waals surface area contributed by atoms with E-state index >= 15 is 0 Å². The van der Waals surface area contributed by atoms with E-state index < -0.39 is 23.2 Å². The van der Waals surface area contributed by atoms with Gasteiger partial charge in [-0.3, -0.25) is 9.59 Å². The van der Waals surface area contributed by atoms with Gasteiger partial charge in [0.2, 0.25) is 11.8 Å². The number of nitrogens with zero attached hydrogens (tertiary/aromatic N) is 2. The molecule has 6 rings (SSSR count). The third kappa shape index (κ3) is 5.28. The number of halogens is 2. The lowest BCUT2D eigenvalue weighted by atomic mass is 9.89. The zero-order valence-corrected chi connectivity index (χ0v) is 22.2. The third-order valence-electron chi connectivity index (χ3n) is 8.47. The maximum absolute atomic E-state index is 14.1. The van der Waals surface area contributed by atoms with Crippen LogP contribution in [-0.4, -0.2) is 40.3 Å². The number of benzene rings is 2. The van der Waals surface area contributed by atoms with Crippen LogP contribution in [0.3, 0.4) is 0 Å². The van der Waals surface area contributed by atoms with Crippen molar-refractivity contribution in [3.8, 4) is 0 Å². The lowest BCUT2D eigenvalue weighted by molar-refractivity contribution is -0.144. The molecule has 8 heteroatoms. The van der Waals surface area contributed by atoms with E-state index in [1.807, 2.05) is 30.4 Å². The summed E-state index contributed by atoms with van der Waals surface area (Å²) in [6.45, 7) is 0.778. The first kappa shape index (κ1) is 26.3. The minimum absolute atomic E-state index is 0.00807. The molecule has 1 spiro atoms. The molecule has 2 atom stereocenters. The molecule has 1 saturated carbocycles. The topological polar surface area (TPSA) is 74.3 Å². The molecule has 2 aromatic carbocycles. The Balaban J connectivity index is 1.16. The third-order valence-corrected chi connectivity index (χ3v) is 8.47. The molecule has 2 aliphatic carbocycles. The summed E-state index contributed by atoms with van der Waals surface area (Å²) in [6, 6.07) is 14.6. The van der Waals surface area contributed by atoms with Crippen LogP contribution in [0.25, 0.3) is 6.08 Å². The summed E-state index contributed by atoms with van der Waals surface area (Å²) < 4.78 is 28.1. The maximum Gasteiger partial charge on any atom is 0.243 e. The highest BCUT2D eigenvalue weighted by Gasteiger charge is 2.48. The number of fused-ring (bicyclic) bond motifs is 1. The van der Waals surface area contributed by atoms with E-state index in [0.29, 0.717) is 37.3 Å². The molecule has 0 bridgehead atoms. The largest absolute Gasteiger partial charge is 0.329 e. The van der Waals surface area contributed by atoms with Crippen LogP contribution in [0.2, 0.25) is 0 Å². The van der Waals surface area contributed by atoms with Crippen molar-refractivity contribution in [3.05, 3.63) is 101 Å². The first-order chi connectivity index (χ1) is 19.4. The van der Waals surface area contributed by atoms with Gasteiger partial charge in [0.15, 0.2) is 0 Å². The van der Waals surface area contributed by atoms with Crippen LogP contribution in [0.1, 0.15) is 54.0 Å². The highest BCUT2D eigenvalue weighted by molar-refractivity contribution is 5.92. The number of hydrogen-bond acceptors (Lipinski definition) is 4. The van der Waals surface area contributed by atoms with Gasteiger partial charge >= 0.3 is 0 Å². The normalized spacial score (nSPS) is 21.8. The van der Waals surface area contributed by atoms with Gasteiger partial charge in [0.05, 0.1) is 11.6 Å². The Labute approximate surface area is 232 Å². The fourth-order valence-electron chi connectivity index (χ4n) is 6.43. The lowest BCUT2D eigenvalue weighted by Crippen LogP contribution is -2.63. The van der Waals surface area contributed by atoms with Crippen LogP contribution in [-0.2, 0) is 22.4 Å². The minimum Gasteiger partial charge on any atom is -0.329 e. The molecule has 3 aliphatic rings. The Morgan fingerprint density at radius 2 is 1.82 bits per heavy atom. The van der Waals surface area contributed by atoms with E-state index in [1.165, 1.54) is 12.1 Å². The van der Waals surface area contributed by atoms with Gasteiger partial charge in [0.25, 0.3) is 0 Å². The first-order valence-electron chi connectivity index (χ1n) is 13.9. The van der Waals surface area contributed by atoms with Crippen LogP contribution in [0.4, 0.5) is 14.6 Å². The highest BCUT2D eigenvalue weighted by Crippen LogP contribution is 2.38. The average molecular weight is 543 g/mol. The zero-order chi connectivity index (χ0) is 27.7. The fourth-order valence-corrected chi connectivity index (χ4v) is 6.43. The van der Waals surface area contributed by atoms with Crippen molar-refractivity contribution in [1.29, 1.82) is 0 Å². The van der Waals surface area contributed by atoms with E-state index in [9.17, 15) is 18.4 Å². The van der Waals surface area contributed by atoms with Crippen LogP contribution < -0.4 is 10.6 Å². The van der Waals surface area contributed by atoms with Crippen molar-refractivity contribution in [2.75, 3.05) is 18.4 Å². The number of pyridine rings is 1. The molecule has 2 heterocycles. The predicted octanol–water partition coefficient (Wildman–Crippen LogP) is 5.21. The SMILES string of the molecule is O=C(Nc1ccccn1)[C@@H]1Cc2ccc(/C=C\CN3C(=O)C4(CCCC4)NC[C@@H]3c3cc(F)cc(F)c3)cc2C1. The first-order valence-corrected chi connectivity index (χ1v) is 13.9. The Kier molecular flexibility index (Phi) is 7.19. The van der Waals surface area contributed by atoms with E-state index in [4.69, 9.17) is 0 Å². The van der Waals surface area contributed by atoms with Crippen LogP contribution in [0.15, 0.2) is 66.9 Å². The molecule has 2 fully saturated rings. The van der Waals surface area contributed by atoms with E-state index in [0.717, 1.165) is 48.4 Å². The summed E-state index contributed by atoms with van der Waals surface area (Å²) >= 11 is 0. The van der Waals surface area contributed by atoms with Gasteiger partial charge in [0, 0.05) is 31.3 Å². The van der Waals surface area contributed by atoms with Crippen molar-refractivity contribution >= 4 is 23.7 Å². The molecule has 2 N–H and O–H groups in total. The van der Waals surface area contributed by atoms with Crippen molar-refractivity contribution in [1.82, 2.24) is 15.2 Å². The zero-order valence-electron chi connectivity index (χ0n) is 22.2. The van der Waals surface area contributed by atoms with E-state index in [2.05, 4.69) is 27.8 Å². The molecule has 6 nitrogen and oxygen atoms in total. The van der Waals surface area contributed by atoms with Crippen molar-refractivity contribution in [3.63, 3.8) is 0 Å². The van der Waals surface area contributed by atoms with Crippen LogP contribution >= 0.6 is 0 Å². The molecular weight excluding hydrogens is 510 g/mol. The average Bonchev–Trinajstić information content (AvgIpc) is 3.59. The fraction of sp³-hybridized carbons (Fsp3) is 0.344. The Hall–Kier alpha value is -3.91. The number of amides is 2. The molecule has 2 amide bonds. The molecule has 1 aromatic heterocycles. The molecule has 3 aromatic rings. The smallest absolute Gasteiger partial charge is 0.243 e. The summed E-state index contributed by atoms with van der Waals surface area (Å²) in [4.78, 5) is 32.5. The molecule has 1 aliphatic heterocycles. The second kappa shape index (κ2) is 10.9. The van der Waals surface area contributed by atoms with E-state index in [1.54, 1.807) is 17.2 Å². The number of hydrogen-bond donors (Lipinski definition) is 2. The number of nitrogens with one attached hydrogen (secondary N) is 2. The van der Waals surface area contributed by atoms with Gasteiger partial charge in [-0.2, -0.15) is 0 Å². The van der Waals surface area contributed by atoms with Crippen molar-refractivity contribution in [2.45, 2.75) is 50.1 Å². The van der Waals surface area contributed by atoms with Gasteiger partial charge in [-0.25, -0.2) is 13.8 Å². The number of piperazine rings is 1. The van der Waals surface area contributed by atoms with Crippen molar-refractivity contribution in [2.24, 2.45) is 5.92 Å². The molecule has 1 saturated heterocycles. The van der Waals surface area contributed by atoms with Crippen LogP contribution in [0, 0.1) is 17.6 Å². The number of anilines is 1. The van der Waals surface area contributed by atoms with Gasteiger partial charge < -0.3 is 15.5 Å². The number of aromatic nitrogens is 1. The monoisotopic (exact) mass is 542 g/mol. The van der Waals surface area contributed by atoms with E-state index in [-0.39, 0.29) is 17.7 Å².